The molecular formula is C14H24N4O2. The number of hydrogen-bond donors (Lipinski definition) is 1. The molecule has 1 aromatic heterocycles. The third kappa shape index (κ3) is 3.17. The Morgan fingerprint density at radius 2 is 2.25 bits per heavy atom. The summed E-state index contributed by atoms with van der Waals surface area (Å²) in [6.45, 7) is 7.29. The smallest absolute Gasteiger partial charge is 0.226 e. The molecule has 6 nitrogen and oxygen atoms in total. The quantitative estimate of drug-likeness (QED) is 0.904. The van der Waals surface area contributed by atoms with Crippen molar-refractivity contribution in [1.29, 1.82) is 0 Å². The first-order chi connectivity index (χ1) is 9.50. The van der Waals surface area contributed by atoms with Crippen LogP contribution in [0.25, 0.3) is 0 Å². The molecule has 1 aliphatic heterocycles. The summed E-state index contributed by atoms with van der Waals surface area (Å²) in [6, 6.07) is 0. The van der Waals surface area contributed by atoms with Crippen LogP contribution in [0.5, 0.6) is 0 Å². The molecule has 1 aliphatic rings. The Morgan fingerprint density at radius 3 is 2.85 bits per heavy atom. The fourth-order valence-corrected chi connectivity index (χ4v) is 2.60. The van der Waals surface area contributed by atoms with Crippen LogP contribution in [-0.2, 0) is 23.1 Å². The number of carbonyl (C=O) groups is 1. The Morgan fingerprint density at radius 1 is 1.50 bits per heavy atom. The normalized spacial score (nSPS) is 23.1. The summed E-state index contributed by atoms with van der Waals surface area (Å²) in [6.07, 6.45) is 1.84. The van der Waals surface area contributed by atoms with Gasteiger partial charge in [-0.25, -0.2) is 0 Å². The van der Waals surface area contributed by atoms with Crippen LogP contribution in [0, 0.1) is 5.92 Å². The number of hydrogen-bond acceptors (Lipinski definition) is 4. The molecule has 6 heteroatoms. The molecule has 1 amide bonds. The van der Waals surface area contributed by atoms with Gasteiger partial charge in [-0.3, -0.25) is 4.79 Å². The summed E-state index contributed by atoms with van der Waals surface area (Å²) < 4.78 is 7.48. The molecule has 1 aromatic rings. The summed E-state index contributed by atoms with van der Waals surface area (Å²) in [7, 11) is 1.93. The fraction of sp³-hybridized carbons (Fsp3) is 0.786. The molecule has 1 saturated heterocycles. The molecule has 0 bridgehead atoms. The second-order valence-corrected chi connectivity index (χ2v) is 5.73. The van der Waals surface area contributed by atoms with Crippen molar-refractivity contribution in [1.82, 2.24) is 20.1 Å². The lowest BCUT2D eigenvalue weighted by atomic mass is 9.94. The predicted octanol–water partition coefficient (Wildman–Crippen LogP) is 1.37. The van der Waals surface area contributed by atoms with Crippen LogP contribution < -0.4 is 5.32 Å². The van der Waals surface area contributed by atoms with E-state index in [-0.39, 0.29) is 17.9 Å². The highest BCUT2D eigenvalue weighted by Crippen LogP contribution is 2.20. The Labute approximate surface area is 119 Å². The lowest BCUT2D eigenvalue weighted by Crippen LogP contribution is -2.40. The number of carbonyl (C=O) groups excluding carboxylic acids is 1. The van der Waals surface area contributed by atoms with E-state index in [1.807, 2.05) is 18.5 Å². The molecule has 2 atom stereocenters. The molecule has 20 heavy (non-hydrogen) atoms. The Balaban J connectivity index is 1.93. The third-order valence-corrected chi connectivity index (χ3v) is 3.88. The molecule has 112 valence electrons. The molecule has 2 rings (SSSR count). The molecule has 2 heterocycles. The average Bonchev–Trinajstić information content (AvgIpc) is 2.78. The van der Waals surface area contributed by atoms with Crippen LogP contribution in [0.15, 0.2) is 0 Å². The van der Waals surface area contributed by atoms with Crippen LogP contribution in [0.2, 0.25) is 0 Å². The van der Waals surface area contributed by atoms with Crippen LogP contribution in [0.3, 0.4) is 0 Å². The summed E-state index contributed by atoms with van der Waals surface area (Å²) >= 11 is 0. The summed E-state index contributed by atoms with van der Waals surface area (Å²) in [5.41, 5.74) is 0. The number of amides is 1. The second-order valence-electron chi connectivity index (χ2n) is 5.73. The lowest BCUT2D eigenvalue weighted by molar-refractivity contribution is -0.133. The maximum Gasteiger partial charge on any atom is 0.226 e. The minimum absolute atomic E-state index is 0.00512. The molecule has 0 spiro atoms. The summed E-state index contributed by atoms with van der Waals surface area (Å²) in [5.74, 6) is 2.03. The van der Waals surface area contributed by atoms with Gasteiger partial charge in [0.2, 0.25) is 5.91 Å². The van der Waals surface area contributed by atoms with Crippen LogP contribution in [0.4, 0.5) is 0 Å². The number of rotatable bonds is 4. The highest BCUT2D eigenvalue weighted by Gasteiger charge is 2.28. The second kappa shape index (κ2) is 6.35. The van der Waals surface area contributed by atoms with Gasteiger partial charge in [0, 0.05) is 19.6 Å². The van der Waals surface area contributed by atoms with Gasteiger partial charge >= 0.3 is 0 Å². The van der Waals surface area contributed by atoms with Crippen molar-refractivity contribution < 1.29 is 9.53 Å². The van der Waals surface area contributed by atoms with Crippen molar-refractivity contribution in [2.45, 2.75) is 52.2 Å². The molecule has 0 radical (unpaired) electrons. The fourth-order valence-electron chi connectivity index (χ4n) is 2.60. The van der Waals surface area contributed by atoms with Gasteiger partial charge < -0.3 is 14.6 Å². The predicted molar refractivity (Wildman–Crippen MR) is 75.1 cm³/mol. The molecule has 1 fully saturated rings. The van der Waals surface area contributed by atoms with Crippen LogP contribution >= 0.6 is 0 Å². The Hall–Kier alpha value is -1.43. The van der Waals surface area contributed by atoms with Crippen molar-refractivity contribution in [3.05, 3.63) is 11.6 Å². The van der Waals surface area contributed by atoms with E-state index in [2.05, 4.69) is 29.4 Å². The molecule has 0 aliphatic carbocycles. The average molecular weight is 280 g/mol. The number of ether oxygens (including phenoxy) is 1. The monoisotopic (exact) mass is 280 g/mol. The third-order valence-electron chi connectivity index (χ3n) is 3.88. The topological polar surface area (TPSA) is 69.0 Å². The minimum Gasteiger partial charge on any atom is -0.378 e. The highest BCUT2D eigenvalue weighted by molar-refractivity contribution is 5.79. The standard InChI is InChI=1S/C14H24N4O2/c1-9(2)13-17-16-12(18(13)4)8-15-14(19)11-6-5-7-20-10(11)3/h9-11H,5-8H2,1-4H3,(H,15,19)/t10-,11-/m1/s1. The van der Waals surface area contributed by atoms with Crippen molar-refractivity contribution in [2.75, 3.05) is 6.61 Å². The first kappa shape index (κ1) is 15.0. The van der Waals surface area contributed by atoms with Crippen molar-refractivity contribution in [3.63, 3.8) is 0 Å². The van der Waals surface area contributed by atoms with Gasteiger partial charge in [-0.05, 0) is 19.8 Å². The zero-order valence-electron chi connectivity index (χ0n) is 12.7. The maximum absolute atomic E-state index is 12.2. The molecule has 0 saturated carbocycles. The first-order valence-electron chi connectivity index (χ1n) is 7.28. The summed E-state index contributed by atoms with van der Waals surface area (Å²) in [4.78, 5) is 12.2. The van der Waals surface area contributed by atoms with Crippen molar-refractivity contribution in [2.24, 2.45) is 13.0 Å². The van der Waals surface area contributed by atoms with Gasteiger partial charge in [0.15, 0.2) is 5.82 Å². The SMILES string of the molecule is CC(C)c1nnc(CNC(=O)[C@@H]2CCCO[C@@H]2C)n1C. The van der Waals surface area contributed by atoms with Gasteiger partial charge in [0.05, 0.1) is 18.6 Å². The van der Waals surface area contributed by atoms with Crippen molar-refractivity contribution >= 4 is 5.91 Å². The molecule has 1 N–H and O–H groups in total. The van der Waals surface area contributed by atoms with Gasteiger partial charge in [0.1, 0.15) is 5.82 Å². The van der Waals surface area contributed by atoms with E-state index in [0.717, 1.165) is 31.1 Å². The van der Waals surface area contributed by atoms with E-state index in [1.54, 1.807) is 0 Å². The minimum atomic E-state index is -0.0541. The largest absolute Gasteiger partial charge is 0.378 e. The van der Waals surface area contributed by atoms with E-state index in [0.29, 0.717) is 12.5 Å². The Bertz CT molecular complexity index is 470. The molecule has 0 unspecified atom stereocenters. The Kier molecular flexibility index (Phi) is 4.75. The summed E-state index contributed by atoms with van der Waals surface area (Å²) in [5, 5.41) is 11.2. The lowest BCUT2D eigenvalue weighted by Gasteiger charge is -2.27. The van der Waals surface area contributed by atoms with Gasteiger partial charge in [-0.15, -0.1) is 10.2 Å². The van der Waals surface area contributed by atoms with Gasteiger partial charge in [0.25, 0.3) is 0 Å². The van der Waals surface area contributed by atoms with Gasteiger partial charge in [-0.2, -0.15) is 0 Å². The van der Waals surface area contributed by atoms with E-state index in [9.17, 15) is 4.79 Å². The molecular weight excluding hydrogens is 256 g/mol. The highest BCUT2D eigenvalue weighted by atomic mass is 16.5. The zero-order chi connectivity index (χ0) is 14.7. The van der Waals surface area contributed by atoms with E-state index in [4.69, 9.17) is 4.74 Å². The zero-order valence-corrected chi connectivity index (χ0v) is 12.7. The van der Waals surface area contributed by atoms with Gasteiger partial charge in [-0.1, -0.05) is 13.8 Å². The van der Waals surface area contributed by atoms with E-state index < -0.39 is 0 Å². The number of nitrogens with one attached hydrogen (secondary N) is 1. The number of nitrogens with zero attached hydrogens (tertiary/aromatic N) is 3. The van der Waals surface area contributed by atoms with Crippen LogP contribution in [0.1, 0.15) is 51.2 Å². The van der Waals surface area contributed by atoms with E-state index in [1.165, 1.54) is 0 Å². The number of aromatic nitrogens is 3. The molecule has 0 aromatic carbocycles. The van der Waals surface area contributed by atoms with Crippen molar-refractivity contribution in [3.8, 4) is 0 Å². The maximum atomic E-state index is 12.2. The van der Waals surface area contributed by atoms with E-state index >= 15 is 0 Å². The van der Waals surface area contributed by atoms with Crippen LogP contribution in [-0.4, -0.2) is 33.4 Å². The first-order valence-corrected chi connectivity index (χ1v) is 7.28.